The van der Waals surface area contributed by atoms with Crippen LogP contribution in [0.2, 0.25) is 0 Å². The van der Waals surface area contributed by atoms with Crippen molar-refractivity contribution >= 4 is 17.1 Å². The Morgan fingerprint density at radius 2 is 0.800 bits per heavy atom. The van der Waals surface area contributed by atoms with E-state index in [2.05, 4.69) is 259 Å². The molecule has 0 atom stereocenters. The first-order chi connectivity index (χ1) is 31.5. The number of fused-ring (bicyclic) bond motifs is 4. The molecule has 0 saturated carbocycles. The summed E-state index contributed by atoms with van der Waals surface area (Å²) in [5, 5.41) is 0. The van der Waals surface area contributed by atoms with Gasteiger partial charge in [-0.2, -0.15) is 0 Å². The van der Waals surface area contributed by atoms with E-state index in [0.29, 0.717) is 0 Å². The third-order valence-electron chi connectivity index (χ3n) is 14.4. The van der Waals surface area contributed by atoms with Gasteiger partial charge in [0.2, 0.25) is 0 Å². The standard InChI is InChI=1S/C64H55N/c1-62(2)42-63(3,4)59-41-57-55(40-58(59)62)61-54(30-18-31-56(61)64(57,5)6)50-27-16-25-48(38-50)49-26-17-28-52(39-49)65(60-32-14-13-29-53(60)45-21-11-8-12-22-45)51-35-33-44(34-36-51)47-24-15-23-46(37-47)43-19-9-7-10-20-43/h7-41H,42H2,1-6H3. The molecule has 0 fully saturated rings. The summed E-state index contributed by atoms with van der Waals surface area (Å²) in [6.45, 7) is 14.6. The lowest BCUT2D eigenvalue weighted by Gasteiger charge is -2.28. The molecule has 0 amide bonds. The van der Waals surface area contributed by atoms with Crippen LogP contribution in [0.4, 0.5) is 17.1 Å². The smallest absolute Gasteiger partial charge is 0.0540 e. The Balaban J connectivity index is 1.00. The number of benzene rings is 9. The second-order valence-electron chi connectivity index (χ2n) is 20.1. The lowest BCUT2D eigenvalue weighted by molar-refractivity contribution is 0.403. The van der Waals surface area contributed by atoms with Crippen molar-refractivity contribution in [2.24, 2.45) is 0 Å². The van der Waals surface area contributed by atoms with Crippen LogP contribution in [0, 0.1) is 0 Å². The molecule has 0 spiro atoms. The van der Waals surface area contributed by atoms with Crippen molar-refractivity contribution in [3.8, 4) is 66.8 Å². The quantitative estimate of drug-likeness (QED) is 0.147. The highest BCUT2D eigenvalue weighted by Gasteiger charge is 2.46. The summed E-state index contributed by atoms with van der Waals surface area (Å²) >= 11 is 0. The lowest BCUT2D eigenvalue weighted by Crippen LogP contribution is -2.18. The van der Waals surface area contributed by atoms with Crippen LogP contribution < -0.4 is 4.90 Å². The Morgan fingerprint density at radius 3 is 1.49 bits per heavy atom. The normalized spacial score (nSPS) is 14.9. The van der Waals surface area contributed by atoms with Gasteiger partial charge in [0, 0.05) is 22.4 Å². The fourth-order valence-corrected chi connectivity index (χ4v) is 11.4. The van der Waals surface area contributed by atoms with E-state index >= 15 is 0 Å². The van der Waals surface area contributed by atoms with Gasteiger partial charge in [-0.05, 0) is 149 Å². The van der Waals surface area contributed by atoms with Crippen molar-refractivity contribution in [2.75, 3.05) is 4.90 Å². The Kier molecular flexibility index (Phi) is 9.67. The average Bonchev–Trinajstić information content (AvgIpc) is 3.68. The molecule has 1 heteroatoms. The molecule has 316 valence electrons. The summed E-state index contributed by atoms with van der Waals surface area (Å²) in [6, 6.07) is 78.5. The predicted molar refractivity (Wildman–Crippen MR) is 277 cm³/mol. The molecule has 0 unspecified atom stereocenters. The predicted octanol–water partition coefficient (Wildman–Crippen LogP) is 17.8. The van der Waals surface area contributed by atoms with Crippen LogP contribution in [0.25, 0.3) is 66.8 Å². The highest BCUT2D eigenvalue weighted by molar-refractivity contribution is 5.95. The zero-order valence-corrected chi connectivity index (χ0v) is 38.4. The summed E-state index contributed by atoms with van der Waals surface area (Å²) in [5.74, 6) is 0. The van der Waals surface area contributed by atoms with Gasteiger partial charge in [-0.15, -0.1) is 0 Å². The molecule has 9 aromatic carbocycles. The van der Waals surface area contributed by atoms with E-state index in [9.17, 15) is 0 Å². The van der Waals surface area contributed by atoms with E-state index in [1.165, 1.54) is 95.4 Å². The van der Waals surface area contributed by atoms with Gasteiger partial charge in [0.15, 0.2) is 0 Å². The van der Waals surface area contributed by atoms with Gasteiger partial charge < -0.3 is 4.90 Å². The lowest BCUT2D eigenvalue weighted by atomic mass is 9.79. The topological polar surface area (TPSA) is 3.24 Å². The van der Waals surface area contributed by atoms with Crippen LogP contribution in [0.15, 0.2) is 212 Å². The highest BCUT2D eigenvalue weighted by atomic mass is 15.1. The molecule has 0 bridgehead atoms. The largest absolute Gasteiger partial charge is 0.310 e. The number of rotatable bonds is 8. The van der Waals surface area contributed by atoms with E-state index in [1.807, 2.05) is 0 Å². The zero-order valence-electron chi connectivity index (χ0n) is 38.4. The Hall–Kier alpha value is -7.22. The maximum atomic E-state index is 2.57. The fourth-order valence-electron chi connectivity index (χ4n) is 11.4. The highest BCUT2D eigenvalue weighted by Crippen LogP contribution is 2.58. The minimum absolute atomic E-state index is 0.0889. The molecule has 1 nitrogen and oxygen atoms in total. The van der Waals surface area contributed by atoms with Crippen LogP contribution in [0.1, 0.15) is 70.2 Å². The summed E-state index contributed by atoms with van der Waals surface area (Å²) < 4.78 is 0. The Labute approximate surface area is 385 Å². The van der Waals surface area contributed by atoms with Crippen molar-refractivity contribution in [3.63, 3.8) is 0 Å². The number of hydrogen-bond acceptors (Lipinski definition) is 1. The number of hydrogen-bond donors (Lipinski definition) is 0. The van der Waals surface area contributed by atoms with Crippen LogP contribution in [0.5, 0.6) is 0 Å². The Morgan fingerprint density at radius 1 is 0.308 bits per heavy atom. The van der Waals surface area contributed by atoms with Crippen LogP contribution in [0.3, 0.4) is 0 Å². The average molecular weight is 838 g/mol. The van der Waals surface area contributed by atoms with Crippen LogP contribution >= 0.6 is 0 Å². The molecule has 2 aliphatic rings. The van der Waals surface area contributed by atoms with Gasteiger partial charge in [0.1, 0.15) is 0 Å². The summed E-state index contributed by atoms with van der Waals surface area (Å²) in [5.41, 5.74) is 24.3. The van der Waals surface area contributed by atoms with E-state index in [0.717, 1.165) is 17.1 Å². The van der Waals surface area contributed by atoms with E-state index < -0.39 is 0 Å². The minimum atomic E-state index is -0.0889. The van der Waals surface area contributed by atoms with Crippen molar-refractivity contribution in [1.82, 2.24) is 0 Å². The second kappa shape index (κ2) is 15.5. The number of nitrogens with zero attached hydrogens (tertiary/aromatic N) is 1. The third-order valence-corrected chi connectivity index (χ3v) is 14.4. The molecule has 0 N–H and O–H groups in total. The Bertz CT molecular complexity index is 3240. The SMILES string of the molecule is CC1(C)CC(C)(C)c2cc3c(cc21)-c1c(-c2cccc(-c4cccc(N(c5ccc(-c6cccc(-c7ccccc7)c6)cc5)c5ccccc5-c5ccccc5)c4)c2)cccc1C3(C)C. The van der Waals surface area contributed by atoms with Crippen LogP contribution in [-0.2, 0) is 16.2 Å². The van der Waals surface area contributed by atoms with Crippen molar-refractivity contribution < 1.29 is 0 Å². The summed E-state index contributed by atoms with van der Waals surface area (Å²) in [7, 11) is 0. The van der Waals surface area contributed by atoms with Crippen molar-refractivity contribution in [2.45, 2.75) is 64.2 Å². The van der Waals surface area contributed by atoms with Gasteiger partial charge in [0.05, 0.1) is 5.69 Å². The molecule has 2 aliphatic carbocycles. The zero-order chi connectivity index (χ0) is 44.5. The van der Waals surface area contributed by atoms with Gasteiger partial charge in [-0.1, -0.05) is 205 Å². The van der Waals surface area contributed by atoms with Gasteiger partial charge in [-0.3, -0.25) is 0 Å². The molecule has 0 heterocycles. The first-order valence-corrected chi connectivity index (χ1v) is 23.2. The molecule has 0 aliphatic heterocycles. The van der Waals surface area contributed by atoms with Crippen molar-refractivity contribution in [1.29, 1.82) is 0 Å². The minimum Gasteiger partial charge on any atom is -0.310 e. The van der Waals surface area contributed by atoms with Crippen LogP contribution in [-0.4, -0.2) is 0 Å². The molecular formula is C64H55N. The monoisotopic (exact) mass is 837 g/mol. The second-order valence-corrected chi connectivity index (χ2v) is 20.1. The summed E-state index contributed by atoms with van der Waals surface area (Å²) in [4.78, 5) is 2.42. The molecule has 0 aromatic heterocycles. The number of anilines is 3. The van der Waals surface area contributed by atoms with Crippen molar-refractivity contribution in [3.05, 3.63) is 235 Å². The molecular weight excluding hydrogens is 783 g/mol. The molecule has 9 aromatic rings. The first-order valence-electron chi connectivity index (χ1n) is 23.2. The van der Waals surface area contributed by atoms with E-state index in [4.69, 9.17) is 0 Å². The molecule has 0 saturated heterocycles. The van der Waals surface area contributed by atoms with Gasteiger partial charge >= 0.3 is 0 Å². The maximum absolute atomic E-state index is 2.57. The molecule has 0 radical (unpaired) electrons. The van der Waals surface area contributed by atoms with E-state index in [1.54, 1.807) is 0 Å². The third kappa shape index (κ3) is 7.02. The summed E-state index contributed by atoms with van der Waals surface area (Å²) in [6.07, 6.45) is 1.17. The molecule has 11 rings (SSSR count). The van der Waals surface area contributed by atoms with E-state index in [-0.39, 0.29) is 16.2 Å². The maximum Gasteiger partial charge on any atom is 0.0540 e. The van der Waals surface area contributed by atoms with Gasteiger partial charge in [-0.25, -0.2) is 0 Å². The van der Waals surface area contributed by atoms with Gasteiger partial charge in [0.25, 0.3) is 0 Å². The fraction of sp³-hybridized carbons (Fsp3) is 0.156. The first kappa shape index (κ1) is 40.5. The molecule has 65 heavy (non-hydrogen) atoms. The number of para-hydroxylation sites is 1.